The molecule has 0 radical (unpaired) electrons. The Kier molecular flexibility index (Phi) is 3.60. The van der Waals surface area contributed by atoms with E-state index in [0.717, 1.165) is 18.1 Å². The van der Waals surface area contributed by atoms with Gasteiger partial charge >= 0.3 is 0 Å². The molecule has 1 aliphatic carbocycles. The lowest BCUT2D eigenvalue weighted by Crippen LogP contribution is -2.15. The summed E-state index contributed by atoms with van der Waals surface area (Å²) in [7, 11) is 0. The molecular formula is C15H20N4. The lowest BCUT2D eigenvalue weighted by molar-refractivity contribution is 0.658. The number of hydrogen-bond acceptors (Lipinski definition) is 3. The Labute approximate surface area is 113 Å². The predicted molar refractivity (Wildman–Crippen MR) is 74.7 cm³/mol. The molecule has 1 aliphatic rings. The summed E-state index contributed by atoms with van der Waals surface area (Å²) < 4.78 is 0. The highest BCUT2D eigenvalue weighted by atomic mass is 15.2. The van der Waals surface area contributed by atoms with Crippen molar-refractivity contribution >= 4 is 0 Å². The number of hydrogen-bond donors (Lipinski definition) is 2. The van der Waals surface area contributed by atoms with Crippen LogP contribution in [-0.2, 0) is 6.42 Å². The van der Waals surface area contributed by atoms with Crippen LogP contribution in [0.4, 0.5) is 0 Å². The second-order valence-corrected chi connectivity index (χ2v) is 5.36. The van der Waals surface area contributed by atoms with Gasteiger partial charge in [0.1, 0.15) is 5.82 Å². The summed E-state index contributed by atoms with van der Waals surface area (Å²) in [6.07, 6.45) is 5.83. The Balaban J connectivity index is 1.68. The van der Waals surface area contributed by atoms with Gasteiger partial charge in [0.15, 0.2) is 5.82 Å². The van der Waals surface area contributed by atoms with Crippen LogP contribution < -0.4 is 5.73 Å². The highest BCUT2D eigenvalue weighted by Gasteiger charge is 2.22. The summed E-state index contributed by atoms with van der Waals surface area (Å²) in [6.45, 7) is 0. The maximum absolute atomic E-state index is 6.19. The number of nitrogens with one attached hydrogen (secondary N) is 1. The molecule has 3 rings (SSSR count). The van der Waals surface area contributed by atoms with Crippen molar-refractivity contribution in [2.45, 2.75) is 44.1 Å². The van der Waals surface area contributed by atoms with Crippen LogP contribution in [-0.4, -0.2) is 15.2 Å². The van der Waals surface area contributed by atoms with Gasteiger partial charge in [-0.05, 0) is 24.8 Å². The fraction of sp³-hybridized carbons (Fsp3) is 0.467. The summed E-state index contributed by atoms with van der Waals surface area (Å²) in [5.41, 5.74) is 7.42. The number of H-pyrrole nitrogens is 1. The summed E-state index contributed by atoms with van der Waals surface area (Å²) in [6, 6.07) is 10.1. The molecule has 4 heteroatoms. The van der Waals surface area contributed by atoms with Crippen LogP contribution in [0, 0.1) is 0 Å². The van der Waals surface area contributed by atoms with Crippen LogP contribution in [0.3, 0.4) is 0 Å². The van der Waals surface area contributed by atoms with Crippen molar-refractivity contribution in [3.8, 4) is 0 Å². The lowest BCUT2D eigenvalue weighted by Gasteiger charge is -2.07. The minimum atomic E-state index is -0.131. The van der Waals surface area contributed by atoms with Crippen LogP contribution in [0.25, 0.3) is 0 Å². The topological polar surface area (TPSA) is 67.6 Å². The van der Waals surface area contributed by atoms with E-state index < -0.39 is 0 Å². The second-order valence-electron chi connectivity index (χ2n) is 5.36. The third-order valence-electron chi connectivity index (χ3n) is 3.89. The Hall–Kier alpha value is -1.68. The minimum Gasteiger partial charge on any atom is -0.321 e. The first-order valence-electron chi connectivity index (χ1n) is 7.04. The second kappa shape index (κ2) is 5.53. The van der Waals surface area contributed by atoms with E-state index in [1.165, 1.54) is 31.2 Å². The van der Waals surface area contributed by atoms with Crippen LogP contribution in [0.2, 0.25) is 0 Å². The number of nitrogens with two attached hydrogens (primary N) is 1. The Morgan fingerprint density at radius 2 is 1.95 bits per heavy atom. The van der Waals surface area contributed by atoms with Gasteiger partial charge < -0.3 is 5.73 Å². The zero-order chi connectivity index (χ0) is 13.1. The van der Waals surface area contributed by atoms with E-state index in [1.54, 1.807) is 0 Å². The van der Waals surface area contributed by atoms with Crippen LogP contribution in [0.1, 0.15) is 54.9 Å². The van der Waals surface area contributed by atoms with Crippen LogP contribution in [0.5, 0.6) is 0 Å². The van der Waals surface area contributed by atoms with Gasteiger partial charge in [0.2, 0.25) is 0 Å². The van der Waals surface area contributed by atoms with E-state index in [0.29, 0.717) is 5.92 Å². The molecule has 1 heterocycles. The van der Waals surface area contributed by atoms with Crippen molar-refractivity contribution in [3.63, 3.8) is 0 Å². The van der Waals surface area contributed by atoms with E-state index in [1.807, 2.05) is 18.2 Å². The molecule has 0 aliphatic heterocycles. The number of rotatable bonds is 4. The molecule has 1 aromatic heterocycles. The first-order valence-corrected chi connectivity index (χ1v) is 7.04. The molecule has 2 aromatic rings. The van der Waals surface area contributed by atoms with Gasteiger partial charge in [-0.3, -0.25) is 5.10 Å². The maximum atomic E-state index is 6.19. The molecule has 19 heavy (non-hydrogen) atoms. The molecule has 3 N–H and O–H groups in total. The molecule has 1 aromatic carbocycles. The number of benzene rings is 1. The largest absolute Gasteiger partial charge is 0.321 e. The molecular weight excluding hydrogens is 236 g/mol. The quantitative estimate of drug-likeness (QED) is 0.883. The van der Waals surface area contributed by atoms with Crippen molar-refractivity contribution in [3.05, 3.63) is 47.5 Å². The normalized spacial score (nSPS) is 17.7. The van der Waals surface area contributed by atoms with Gasteiger partial charge in [-0.25, -0.2) is 4.98 Å². The molecule has 1 unspecified atom stereocenters. The van der Waals surface area contributed by atoms with Gasteiger partial charge in [0.05, 0.1) is 6.04 Å². The van der Waals surface area contributed by atoms with E-state index in [-0.39, 0.29) is 6.04 Å². The first-order chi connectivity index (χ1) is 9.33. The van der Waals surface area contributed by atoms with Gasteiger partial charge in [0, 0.05) is 5.92 Å². The predicted octanol–water partition coefficient (Wildman–Crippen LogP) is 2.70. The molecule has 0 spiro atoms. The van der Waals surface area contributed by atoms with Crippen LogP contribution >= 0.6 is 0 Å². The maximum Gasteiger partial charge on any atom is 0.167 e. The highest BCUT2D eigenvalue weighted by molar-refractivity contribution is 5.17. The highest BCUT2D eigenvalue weighted by Crippen LogP contribution is 2.32. The van der Waals surface area contributed by atoms with Crippen molar-refractivity contribution in [1.82, 2.24) is 15.2 Å². The van der Waals surface area contributed by atoms with Gasteiger partial charge in [-0.15, -0.1) is 0 Å². The van der Waals surface area contributed by atoms with Gasteiger partial charge in [-0.2, -0.15) is 5.10 Å². The summed E-state index contributed by atoms with van der Waals surface area (Å²) in [5, 5.41) is 7.37. The average Bonchev–Trinajstić information content (AvgIpc) is 3.11. The van der Waals surface area contributed by atoms with E-state index in [9.17, 15) is 0 Å². The van der Waals surface area contributed by atoms with Gasteiger partial charge in [-0.1, -0.05) is 43.2 Å². The molecule has 100 valence electrons. The molecule has 0 saturated heterocycles. The summed E-state index contributed by atoms with van der Waals surface area (Å²) in [5.74, 6) is 2.33. The average molecular weight is 256 g/mol. The third kappa shape index (κ3) is 2.84. The summed E-state index contributed by atoms with van der Waals surface area (Å²) in [4.78, 5) is 4.60. The van der Waals surface area contributed by atoms with Gasteiger partial charge in [0.25, 0.3) is 0 Å². The van der Waals surface area contributed by atoms with E-state index >= 15 is 0 Å². The zero-order valence-electron chi connectivity index (χ0n) is 11.0. The van der Waals surface area contributed by atoms with Crippen molar-refractivity contribution < 1.29 is 0 Å². The Morgan fingerprint density at radius 1 is 1.21 bits per heavy atom. The molecule has 0 bridgehead atoms. The molecule has 0 amide bonds. The monoisotopic (exact) mass is 256 g/mol. The number of aromatic nitrogens is 3. The molecule has 1 fully saturated rings. The van der Waals surface area contributed by atoms with Crippen molar-refractivity contribution in [2.24, 2.45) is 5.73 Å². The minimum absolute atomic E-state index is 0.131. The van der Waals surface area contributed by atoms with Crippen molar-refractivity contribution in [2.75, 3.05) is 0 Å². The van der Waals surface area contributed by atoms with Crippen LogP contribution in [0.15, 0.2) is 30.3 Å². The molecule has 1 atom stereocenters. The number of nitrogens with zero attached hydrogens (tertiary/aromatic N) is 2. The summed E-state index contributed by atoms with van der Waals surface area (Å²) >= 11 is 0. The molecule has 4 nitrogen and oxygen atoms in total. The first kappa shape index (κ1) is 12.4. The van der Waals surface area contributed by atoms with Crippen molar-refractivity contribution in [1.29, 1.82) is 0 Å². The third-order valence-corrected chi connectivity index (χ3v) is 3.89. The fourth-order valence-corrected chi connectivity index (χ4v) is 2.79. The standard InChI is InChI=1S/C15H20N4/c16-13(10-11-6-2-1-3-7-11)15-17-14(18-19-15)12-8-4-5-9-12/h1-3,6-7,12-13H,4-5,8-10,16H2,(H,17,18,19). The molecule has 1 saturated carbocycles. The smallest absolute Gasteiger partial charge is 0.167 e. The lowest BCUT2D eigenvalue weighted by atomic mass is 10.1. The van der Waals surface area contributed by atoms with E-state index in [2.05, 4.69) is 27.3 Å². The number of aromatic amines is 1. The Morgan fingerprint density at radius 3 is 2.68 bits per heavy atom. The Bertz CT molecular complexity index is 514. The SMILES string of the molecule is NC(Cc1ccccc1)c1n[nH]c(C2CCCC2)n1. The van der Waals surface area contributed by atoms with E-state index in [4.69, 9.17) is 5.73 Å². The fourth-order valence-electron chi connectivity index (χ4n) is 2.79. The zero-order valence-corrected chi connectivity index (χ0v) is 11.0.